The summed E-state index contributed by atoms with van der Waals surface area (Å²) < 4.78 is 48.2. The molecule has 4 rings (SSSR count). The van der Waals surface area contributed by atoms with E-state index < -0.39 is 12.0 Å². The van der Waals surface area contributed by atoms with Crippen LogP contribution >= 0.6 is 0 Å². The van der Waals surface area contributed by atoms with Gasteiger partial charge in [0.05, 0.1) is 18.0 Å². The van der Waals surface area contributed by atoms with Crippen LogP contribution in [0.4, 0.5) is 25.1 Å². The summed E-state index contributed by atoms with van der Waals surface area (Å²) in [6.07, 6.45) is 1.45. The van der Waals surface area contributed by atoms with E-state index in [4.69, 9.17) is 14.5 Å². The number of pyridine rings is 1. The van der Waals surface area contributed by atoms with Crippen molar-refractivity contribution in [3.63, 3.8) is 0 Å². The summed E-state index contributed by atoms with van der Waals surface area (Å²) in [5, 5.41) is 12.1. The van der Waals surface area contributed by atoms with E-state index in [2.05, 4.69) is 31.2 Å². The van der Waals surface area contributed by atoms with Crippen molar-refractivity contribution in [2.45, 2.75) is 12.8 Å². The monoisotopic (exact) mass is 432 g/mol. The molecule has 0 aliphatic carbocycles. The van der Waals surface area contributed by atoms with Crippen LogP contribution in [0.5, 0.6) is 5.75 Å². The van der Waals surface area contributed by atoms with Crippen molar-refractivity contribution in [2.24, 2.45) is 0 Å². The first kappa shape index (κ1) is 20.3. The number of halogens is 3. The largest absolute Gasteiger partial charge is 0.486 e. The first-order valence-electron chi connectivity index (χ1n) is 9.12. The van der Waals surface area contributed by atoms with Gasteiger partial charge in [-0.15, -0.1) is 0 Å². The van der Waals surface area contributed by atoms with Crippen molar-refractivity contribution in [3.05, 3.63) is 47.8 Å². The van der Waals surface area contributed by atoms with Gasteiger partial charge in [-0.1, -0.05) is 0 Å². The van der Waals surface area contributed by atoms with Gasteiger partial charge in [-0.25, -0.2) is 9.97 Å². The number of rotatable bonds is 5. The van der Waals surface area contributed by atoms with Crippen LogP contribution in [0.2, 0.25) is 0 Å². The van der Waals surface area contributed by atoms with Crippen LogP contribution in [-0.4, -0.2) is 51.3 Å². The molecule has 0 N–H and O–H groups in total. The molecular weight excluding hydrogens is 417 g/mol. The minimum Gasteiger partial charge on any atom is -0.486 e. The molecule has 1 aliphatic rings. The minimum absolute atomic E-state index is 0.163. The van der Waals surface area contributed by atoms with Crippen LogP contribution in [-0.2, 0) is 12.8 Å². The maximum Gasteiger partial charge on any atom is 0.455 e. The number of nitrogens with zero attached hydrogens (tertiary/aromatic N) is 8. The maximum atomic E-state index is 12.6. The smallest absolute Gasteiger partial charge is 0.455 e. The standard InChI is InChI=1S/C18H15F3N8O2/c19-18(20,21)15-26-17(31-27-15)29-5-3-28(4-6-29)16-24-9-14(10-25-16)30-11-12-1-2-23-8-13(12)7-22/h1-2,8-10H,3-6,11H2. The molecule has 1 saturated heterocycles. The Balaban J connectivity index is 1.32. The van der Waals surface area contributed by atoms with Gasteiger partial charge in [0.15, 0.2) is 5.75 Å². The molecule has 160 valence electrons. The summed E-state index contributed by atoms with van der Waals surface area (Å²) in [5.74, 6) is -0.388. The van der Waals surface area contributed by atoms with Crippen molar-refractivity contribution in [1.29, 1.82) is 5.26 Å². The van der Waals surface area contributed by atoms with Gasteiger partial charge in [-0.05, 0) is 11.2 Å². The first-order chi connectivity index (χ1) is 14.9. The molecule has 0 unspecified atom stereocenters. The summed E-state index contributed by atoms with van der Waals surface area (Å²) in [7, 11) is 0. The number of aromatic nitrogens is 5. The Kier molecular flexibility index (Phi) is 5.52. The third-order valence-electron chi connectivity index (χ3n) is 4.54. The molecule has 31 heavy (non-hydrogen) atoms. The summed E-state index contributed by atoms with van der Waals surface area (Å²) >= 11 is 0. The van der Waals surface area contributed by atoms with Crippen LogP contribution in [0.15, 0.2) is 35.4 Å². The Morgan fingerprint density at radius 2 is 1.81 bits per heavy atom. The van der Waals surface area contributed by atoms with Crippen LogP contribution in [0, 0.1) is 11.3 Å². The number of hydrogen-bond donors (Lipinski definition) is 0. The second kappa shape index (κ2) is 8.42. The Labute approximate surface area is 173 Å². The molecule has 0 amide bonds. The second-order valence-electron chi connectivity index (χ2n) is 6.52. The molecule has 4 heterocycles. The lowest BCUT2D eigenvalue weighted by molar-refractivity contribution is -0.146. The predicted molar refractivity (Wildman–Crippen MR) is 99.0 cm³/mol. The lowest BCUT2D eigenvalue weighted by atomic mass is 10.2. The van der Waals surface area contributed by atoms with Crippen molar-refractivity contribution < 1.29 is 22.4 Å². The third-order valence-corrected chi connectivity index (χ3v) is 4.54. The molecule has 0 bridgehead atoms. The third kappa shape index (κ3) is 4.63. The van der Waals surface area contributed by atoms with E-state index in [-0.39, 0.29) is 12.6 Å². The molecule has 1 aliphatic heterocycles. The van der Waals surface area contributed by atoms with Crippen molar-refractivity contribution in [1.82, 2.24) is 25.1 Å². The van der Waals surface area contributed by atoms with E-state index in [1.54, 1.807) is 17.2 Å². The highest BCUT2D eigenvalue weighted by atomic mass is 19.4. The second-order valence-corrected chi connectivity index (χ2v) is 6.52. The average Bonchev–Trinajstić information content (AvgIpc) is 3.29. The van der Waals surface area contributed by atoms with Crippen molar-refractivity contribution in [3.8, 4) is 11.8 Å². The van der Waals surface area contributed by atoms with Gasteiger partial charge in [-0.3, -0.25) is 4.98 Å². The number of hydrogen-bond acceptors (Lipinski definition) is 10. The lowest BCUT2D eigenvalue weighted by Gasteiger charge is -2.33. The topological polar surface area (TPSA) is 117 Å². The molecule has 3 aromatic rings. The van der Waals surface area contributed by atoms with Crippen LogP contribution in [0.3, 0.4) is 0 Å². The van der Waals surface area contributed by atoms with Gasteiger partial charge in [-0.2, -0.15) is 23.4 Å². The molecule has 0 atom stereocenters. The molecule has 13 heteroatoms. The number of piperazine rings is 1. The summed E-state index contributed by atoms with van der Waals surface area (Å²) in [6, 6.07) is 3.59. The van der Waals surface area contributed by atoms with Gasteiger partial charge >= 0.3 is 12.2 Å². The summed E-state index contributed by atoms with van der Waals surface area (Å²) in [5.41, 5.74) is 1.13. The Hall–Kier alpha value is -3.95. The molecule has 0 spiro atoms. The van der Waals surface area contributed by atoms with Crippen LogP contribution in [0.1, 0.15) is 17.0 Å². The highest BCUT2D eigenvalue weighted by Crippen LogP contribution is 2.28. The van der Waals surface area contributed by atoms with Gasteiger partial charge < -0.3 is 19.1 Å². The summed E-state index contributed by atoms with van der Waals surface area (Å²) in [4.78, 5) is 19.3. The quantitative estimate of drug-likeness (QED) is 0.593. The Morgan fingerprint density at radius 3 is 2.45 bits per heavy atom. The highest BCUT2D eigenvalue weighted by Gasteiger charge is 2.38. The van der Waals surface area contributed by atoms with E-state index in [1.807, 2.05) is 4.90 Å². The number of nitriles is 1. The normalized spacial score (nSPS) is 14.4. The molecule has 1 fully saturated rings. The molecule has 0 aromatic carbocycles. The molecule has 10 nitrogen and oxygen atoms in total. The van der Waals surface area contributed by atoms with E-state index in [9.17, 15) is 13.2 Å². The van der Waals surface area contributed by atoms with E-state index in [1.165, 1.54) is 18.6 Å². The number of ether oxygens (including phenoxy) is 1. The number of alkyl halides is 3. The van der Waals surface area contributed by atoms with Crippen LogP contribution in [0.25, 0.3) is 0 Å². The van der Waals surface area contributed by atoms with Gasteiger partial charge in [0.25, 0.3) is 5.82 Å². The first-order valence-corrected chi connectivity index (χ1v) is 9.12. The zero-order valence-corrected chi connectivity index (χ0v) is 16.0. The lowest BCUT2D eigenvalue weighted by Crippen LogP contribution is -2.47. The zero-order chi connectivity index (χ0) is 21.8. The van der Waals surface area contributed by atoms with Crippen molar-refractivity contribution in [2.75, 3.05) is 36.0 Å². The Bertz CT molecular complexity index is 1070. The maximum absolute atomic E-state index is 12.6. The number of anilines is 2. The summed E-state index contributed by atoms with van der Waals surface area (Å²) in [6.45, 7) is 1.86. The molecule has 0 saturated carbocycles. The van der Waals surface area contributed by atoms with Crippen molar-refractivity contribution >= 4 is 12.0 Å². The van der Waals surface area contributed by atoms with E-state index in [0.717, 1.165) is 0 Å². The molecule has 0 radical (unpaired) electrons. The minimum atomic E-state index is -4.64. The average molecular weight is 432 g/mol. The highest BCUT2D eigenvalue weighted by molar-refractivity contribution is 5.37. The van der Waals surface area contributed by atoms with Crippen LogP contribution < -0.4 is 14.5 Å². The Morgan fingerprint density at radius 1 is 1.10 bits per heavy atom. The fourth-order valence-corrected chi connectivity index (χ4v) is 2.91. The van der Waals surface area contributed by atoms with Gasteiger partial charge in [0, 0.05) is 44.1 Å². The van der Waals surface area contributed by atoms with E-state index >= 15 is 0 Å². The zero-order valence-electron chi connectivity index (χ0n) is 16.0. The SMILES string of the molecule is N#Cc1cnccc1COc1cnc(N2CCN(c3nc(C(F)(F)F)no3)CC2)nc1. The van der Waals surface area contributed by atoms with Gasteiger partial charge in [0.1, 0.15) is 12.7 Å². The van der Waals surface area contributed by atoms with Gasteiger partial charge in [0.2, 0.25) is 5.95 Å². The van der Waals surface area contributed by atoms with E-state index in [0.29, 0.717) is 49.0 Å². The molecule has 3 aromatic heterocycles. The molecular formula is C18H15F3N8O2. The fraction of sp³-hybridized carbons (Fsp3) is 0.333. The fourth-order valence-electron chi connectivity index (χ4n) is 2.91. The predicted octanol–water partition coefficient (Wildman–Crippen LogP) is 2.05.